The second kappa shape index (κ2) is 11.0. The molecule has 6 heteroatoms. The monoisotopic (exact) mass is 455 g/mol. The summed E-state index contributed by atoms with van der Waals surface area (Å²) in [5.41, 5.74) is 8.85. The highest BCUT2D eigenvalue weighted by Crippen LogP contribution is 2.41. The maximum absolute atomic E-state index is 12.7. The fourth-order valence-electron chi connectivity index (χ4n) is 4.34. The topological polar surface area (TPSA) is 86.3 Å². The van der Waals surface area contributed by atoms with Crippen molar-refractivity contribution < 1.29 is 14.3 Å². The molecule has 0 aliphatic heterocycles. The Morgan fingerprint density at radius 1 is 1.06 bits per heavy atom. The van der Waals surface area contributed by atoms with Gasteiger partial charge in [-0.05, 0) is 56.0 Å². The molecule has 0 spiro atoms. The van der Waals surface area contributed by atoms with Gasteiger partial charge in [0.15, 0.2) is 5.78 Å². The van der Waals surface area contributed by atoms with Crippen molar-refractivity contribution in [1.29, 1.82) is 0 Å². The molecule has 182 valence electrons. The van der Waals surface area contributed by atoms with Crippen LogP contribution in [0.15, 0.2) is 30.3 Å². The van der Waals surface area contributed by atoms with Crippen LogP contribution in [0, 0.1) is 12.3 Å². The predicted molar refractivity (Wildman–Crippen MR) is 134 cm³/mol. The zero-order chi connectivity index (χ0) is 24.8. The minimum atomic E-state index is -0.423. The largest absolute Gasteiger partial charge is 0.486 e. The van der Waals surface area contributed by atoms with Gasteiger partial charge >= 0.3 is 0 Å². The van der Waals surface area contributed by atoms with E-state index in [1.807, 2.05) is 39.8 Å². The van der Waals surface area contributed by atoms with E-state index in [1.165, 1.54) is 5.56 Å². The first-order valence-electron chi connectivity index (χ1n) is 12.0. The molecule has 6 nitrogen and oxygen atoms in total. The van der Waals surface area contributed by atoms with E-state index in [4.69, 9.17) is 10.5 Å². The molecule has 2 aromatic rings. The highest BCUT2D eigenvalue weighted by atomic mass is 16.5. The molecule has 2 rings (SSSR count). The zero-order valence-electron chi connectivity index (χ0n) is 21.4. The summed E-state index contributed by atoms with van der Waals surface area (Å²) in [7, 11) is 0. The van der Waals surface area contributed by atoms with Crippen molar-refractivity contribution in [3.63, 3.8) is 0 Å². The fourth-order valence-corrected chi connectivity index (χ4v) is 4.34. The number of nitrogens with zero attached hydrogens (tertiary/aromatic N) is 1. The van der Waals surface area contributed by atoms with E-state index in [0.29, 0.717) is 25.3 Å². The van der Waals surface area contributed by atoms with E-state index in [1.54, 1.807) is 0 Å². The highest BCUT2D eigenvalue weighted by Gasteiger charge is 2.35. The van der Waals surface area contributed by atoms with Crippen LogP contribution in [-0.4, -0.2) is 36.0 Å². The van der Waals surface area contributed by atoms with Gasteiger partial charge in [-0.3, -0.25) is 9.59 Å². The summed E-state index contributed by atoms with van der Waals surface area (Å²) in [6.45, 7) is 15.8. The average molecular weight is 456 g/mol. The van der Waals surface area contributed by atoms with Gasteiger partial charge in [-0.2, -0.15) is 0 Å². The summed E-state index contributed by atoms with van der Waals surface area (Å²) in [4.78, 5) is 25.0. The lowest BCUT2D eigenvalue weighted by Gasteiger charge is -2.34. The molecule has 0 unspecified atom stereocenters. The summed E-state index contributed by atoms with van der Waals surface area (Å²) >= 11 is 0. The number of ketones is 1. The summed E-state index contributed by atoms with van der Waals surface area (Å²) in [5.74, 6) is 0.701. The molecule has 0 radical (unpaired) electrons. The van der Waals surface area contributed by atoms with Crippen molar-refractivity contribution in [1.82, 2.24) is 9.88 Å². The molecule has 33 heavy (non-hydrogen) atoms. The molecule has 0 atom stereocenters. The third kappa shape index (κ3) is 5.67. The second-order valence-electron chi connectivity index (χ2n) is 9.62. The Balaban J connectivity index is 2.43. The summed E-state index contributed by atoms with van der Waals surface area (Å²) < 4.78 is 7.98. The molecule has 0 saturated heterocycles. The summed E-state index contributed by atoms with van der Waals surface area (Å²) in [6, 6.07) is 10.2. The van der Waals surface area contributed by atoms with Crippen molar-refractivity contribution in [2.75, 3.05) is 19.7 Å². The molecule has 0 saturated carbocycles. The van der Waals surface area contributed by atoms with Crippen LogP contribution in [0.5, 0.6) is 5.75 Å². The van der Waals surface area contributed by atoms with Crippen molar-refractivity contribution in [2.24, 2.45) is 11.1 Å². The molecule has 1 aromatic heterocycles. The number of hydrogen-bond donors (Lipinski definition) is 2. The van der Waals surface area contributed by atoms with E-state index in [9.17, 15) is 9.59 Å². The Labute approximate surface area is 198 Å². The molecular formula is C27H41N3O3. The third-order valence-corrected chi connectivity index (χ3v) is 6.58. The lowest BCUT2D eigenvalue weighted by Crippen LogP contribution is -2.33. The standard InChI is InChI=1S/C27H41N3O3/c1-8-27(9-2,23-14-12-21(30(23)10-3)25(32)29-16-15-28)20-11-13-22(19(4)17-20)33-18-24(31)26(5,6)7/h11-14,17H,8-10,15-16,18,28H2,1-7H3,(H,29,32). The van der Waals surface area contributed by atoms with E-state index in [-0.39, 0.29) is 23.7 Å². The van der Waals surface area contributed by atoms with Crippen LogP contribution in [0.25, 0.3) is 0 Å². The number of Topliss-reactive ketones (excluding diaryl/α,β-unsaturated/α-hetero) is 1. The minimum absolute atomic E-state index is 0.0658. The van der Waals surface area contributed by atoms with Crippen LogP contribution in [0.4, 0.5) is 0 Å². The quantitative estimate of drug-likeness (QED) is 0.518. The number of amides is 1. The lowest BCUT2D eigenvalue weighted by atomic mass is 9.72. The number of carbonyl (C=O) groups is 2. The van der Waals surface area contributed by atoms with Crippen LogP contribution < -0.4 is 15.8 Å². The van der Waals surface area contributed by atoms with Gasteiger partial charge in [-0.1, -0.05) is 46.8 Å². The number of rotatable bonds is 11. The number of hydrogen-bond acceptors (Lipinski definition) is 4. The van der Waals surface area contributed by atoms with Crippen LogP contribution in [0.3, 0.4) is 0 Å². The van der Waals surface area contributed by atoms with Gasteiger partial charge in [0.2, 0.25) is 0 Å². The molecule has 0 bridgehead atoms. The first kappa shape index (κ1) is 26.7. The number of benzene rings is 1. The van der Waals surface area contributed by atoms with Crippen molar-refractivity contribution in [2.45, 2.75) is 73.3 Å². The summed E-state index contributed by atoms with van der Waals surface area (Å²) in [6.07, 6.45) is 1.78. The third-order valence-electron chi connectivity index (χ3n) is 6.58. The lowest BCUT2D eigenvalue weighted by molar-refractivity contribution is -0.128. The Bertz CT molecular complexity index is 965. The van der Waals surface area contributed by atoms with Crippen LogP contribution >= 0.6 is 0 Å². The number of aromatic nitrogens is 1. The van der Waals surface area contributed by atoms with Gasteiger partial charge in [0.25, 0.3) is 5.91 Å². The molecular weight excluding hydrogens is 414 g/mol. The Kier molecular flexibility index (Phi) is 8.89. The molecule has 0 fully saturated rings. The maximum Gasteiger partial charge on any atom is 0.267 e. The van der Waals surface area contributed by atoms with Gasteiger partial charge < -0.3 is 20.4 Å². The van der Waals surface area contributed by atoms with Gasteiger partial charge in [0.1, 0.15) is 18.1 Å². The normalized spacial score (nSPS) is 12.0. The van der Waals surface area contributed by atoms with Gasteiger partial charge in [0.05, 0.1) is 0 Å². The van der Waals surface area contributed by atoms with E-state index < -0.39 is 5.41 Å². The second-order valence-corrected chi connectivity index (χ2v) is 9.62. The number of nitrogens with one attached hydrogen (secondary N) is 1. The highest BCUT2D eigenvalue weighted by molar-refractivity contribution is 5.93. The Hall–Kier alpha value is -2.60. The number of carbonyl (C=O) groups excluding carboxylic acids is 2. The Morgan fingerprint density at radius 2 is 1.73 bits per heavy atom. The molecule has 1 heterocycles. The maximum atomic E-state index is 12.7. The fraction of sp³-hybridized carbons (Fsp3) is 0.556. The number of aryl methyl sites for hydroxylation is 1. The van der Waals surface area contributed by atoms with Gasteiger partial charge in [-0.25, -0.2) is 0 Å². The number of ether oxygens (including phenoxy) is 1. The van der Waals surface area contributed by atoms with Gasteiger partial charge in [0, 0.05) is 36.2 Å². The first-order valence-corrected chi connectivity index (χ1v) is 12.0. The smallest absolute Gasteiger partial charge is 0.267 e. The predicted octanol–water partition coefficient (Wildman–Crippen LogP) is 4.61. The molecule has 3 N–H and O–H groups in total. The zero-order valence-corrected chi connectivity index (χ0v) is 21.4. The average Bonchev–Trinajstić information content (AvgIpc) is 3.22. The van der Waals surface area contributed by atoms with Crippen LogP contribution in [-0.2, 0) is 16.8 Å². The molecule has 0 aliphatic rings. The van der Waals surface area contributed by atoms with Crippen LogP contribution in [0.1, 0.15) is 81.7 Å². The van der Waals surface area contributed by atoms with E-state index in [0.717, 1.165) is 29.8 Å². The SMILES string of the molecule is CCn1c(C(=O)NCCN)ccc1C(CC)(CC)c1ccc(OCC(=O)C(C)(C)C)c(C)c1. The minimum Gasteiger partial charge on any atom is -0.486 e. The number of nitrogens with two attached hydrogens (primary N) is 1. The summed E-state index contributed by atoms with van der Waals surface area (Å²) in [5, 5.41) is 2.89. The Morgan fingerprint density at radius 3 is 2.24 bits per heavy atom. The van der Waals surface area contributed by atoms with E-state index in [2.05, 4.69) is 48.9 Å². The first-order chi connectivity index (χ1) is 15.5. The molecule has 0 aliphatic carbocycles. The van der Waals surface area contributed by atoms with Crippen molar-refractivity contribution in [3.8, 4) is 5.75 Å². The van der Waals surface area contributed by atoms with Crippen molar-refractivity contribution in [3.05, 3.63) is 52.8 Å². The van der Waals surface area contributed by atoms with E-state index >= 15 is 0 Å². The molecule has 1 amide bonds. The molecule has 1 aromatic carbocycles. The van der Waals surface area contributed by atoms with Crippen molar-refractivity contribution >= 4 is 11.7 Å². The van der Waals surface area contributed by atoms with Crippen LogP contribution in [0.2, 0.25) is 0 Å². The van der Waals surface area contributed by atoms with Gasteiger partial charge in [-0.15, -0.1) is 0 Å².